The second-order valence-corrected chi connectivity index (χ2v) is 11.8. The monoisotopic (exact) mass is 526 g/mol. The number of hydrogen-bond donors (Lipinski definition) is 0. The molecule has 2 aliphatic rings. The van der Waals surface area contributed by atoms with E-state index in [0.29, 0.717) is 6.75 Å². The van der Waals surface area contributed by atoms with E-state index in [1.54, 1.807) is 27.9 Å². The van der Waals surface area contributed by atoms with Crippen LogP contribution >= 0.6 is 0 Å². The van der Waals surface area contributed by atoms with E-state index in [4.69, 9.17) is 0 Å². The molecule has 3 heteroatoms. The summed E-state index contributed by atoms with van der Waals surface area (Å²) in [7, 11) is 0. The summed E-state index contributed by atoms with van der Waals surface area (Å²) < 4.78 is 1.09. The smallest absolute Gasteiger partial charge is 1.00 e. The molecule has 0 nitrogen and oxygen atoms in total. The van der Waals surface area contributed by atoms with Gasteiger partial charge in [0.2, 0.25) is 0 Å². The van der Waals surface area contributed by atoms with E-state index >= 15 is 0 Å². The van der Waals surface area contributed by atoms with E-state index in [0.717, 1.165) is 0 Å². The average Bonchev–Trinajstić information content (AvgIpc) is 2.97. The van der Waals surface area contributed by atoms with Gasteiger partial charge in [0, 0.05) is 0 Å². The van der Waals surface area contributed by atoms with Crippen molar-refractivity contribution in [1.29, 1.82) is 0 Å². The maximum Gasteiger partial charge on any atom is -1.00 e. The van der Waals surface area contributed by atoms with Gasteiger partial charge in [-0.05, 0) is 0 Å². The molecule has 24 heavy (non-hydrogen) atoms. The van der Waals surface area contributed by atoms with Crippen LogP contribution < -0.4 is 34.0 Å². The minimum absolute atomic E-state index is 0. The normalized spacial score (nSPS) is 20.5. The van der Waals surface area contributed by atoms with Crippen LogP contribution in [0.15, 0.2) is 40.5 Å². The van der Waals surface area contributed by atoms with Gasteiger partial charge in [-0.3, -0.25) is 0 Å². The molecule has 0 amide bonds. The van der Waals surface area contributed by atoms with Crippen molar-refractivity contribution in [3.63, 3.8) is 0 Å². The summed E-state index contributed by atoms with van der Waals surface area (Å²) in [5.74, 6) is 0. The van der Waals surface area contributed by atoms with E-state index in [-0.39, 0.29) is 34.0 Å². The molecule has 3 rings (SSSR count). The van der Waals surface area contributed by atoms with Crippen molar-refractivity contribution in [3.05, 3.63) is 62.8 Å². The number of hydrogen-bond acceptors (Lipinski definition) is 0. The first-order valence-corrected chi connectivity index (χ1v) is 10.8. The molecule has 0 fully saturated rings. The Morgan fingerprint density at radius 3 is 1.88 bits per heavy atom. The Balaban J connectivity index is 0.00000144. The first-order chi connectivity index (χ1) is 10.3. The summed E-state index contributed by atoms with van der Waals surface area (Å²) in [4.78, 5) is 0. The Morgan fingerprint density at radius 2 is 1.33 bits per heavy atom. The minimum atomic E-state index is -0.681. The van der Waals surface area contributed by atoms with Crippen molar-refractivity contribution in [2.45, 2.75) is 55.2 Å². The van der Waals surface area contributed by atoms with Gasteiger partial charge < -0.3 is 34.0 Å². The fraction of sp³-hybridized carbons (Fsp3) is 0.429. The second-order valence-electron chi connectivity index (χ2n) is 7.13. The molecule has 1 aromatic carbocycles. The average molecular weight is 529 g/mol. The summed E-state index contributed by atoms with van der Waals surface area (Å²) in [6, 6.07) is 4.58. The number of allylic oxidation sites excluding steroid dienone is 5. The van der Waals surface area contributed by atoms with Gasteiger partial charge in [0.15, 0.2) is 0 Å². The van der Waals surface area contributed by atoms with Crippen LogP contribution in [0.5, 0.6) is 0 Å². The summed E-state index contributed by atoms with van der Waals surface area (Å²) >= 11 is -0.681. The van der Waals surface area contributed by atoms with Gasteiger partial charge >= 0.3 is 147 Å². The van der Waals surface area contributed by atoms with Crippen LogP contribution in [-0.4, -0.2) is 0 Å². The van der Waals surface area contributed by atoms with Crippen LogP contribution in [0.4, 0.5) is 0 Å². The first kappa shape index (κ1) is 22.3. The molecule has 0 saturated carbocycles. The number of fused-ring (bicyclic) bond motifs is 1. The SMILES string of the molecule is CC1=C(C)[C](C)([Zr+2][CH]2C=Cc3c(C)ccc(C)c32)C(C)=C1C.[Br-].[Br-]. The molecule has 0 aromatic heterocycles. The molecule has 2 aliphatic carbocycles. The minimum Gasteiger partial charge on any atom is -1.00 e. The van der Waals surface area contributed by atoms with Gasteiger partial charge in [-0.15, -0.1) is 0 Å². The van der Waals surface area contributed by atoms with E-state index in [1.165, 1.54) is 16.7 Å². The summed E-state index contributed by atoms with van der Waals surface area (Å²) in [5.41, 5.74) is 12.4. The fourth-order valence-corrected chi connectivity index (χ4v) is 9.30. The maximum atomic E-state index is 2.51. The number of halogens is 2. The van der Waals surface area contributed by atoms with Crippen LogP contribution in [0.25, 0.3) is 6.08 Å². The van der Waals surface area contributed by atoms with Crippen molar-refractivity contribution in [3.8, 4) is 0 Å². The van der Waals surface area contributed by atoms with Crippen LogP contribution in [0.2, 0.25) is 3.12 Å². The van der Waals surface area contributed by atoms with Crippen LogP contribution in [0.1, 0.15) is 60.5 Å². The Bertz CT molecular complexity index is 729. The van der Waals surface area contributed by atoms with Gasteiger partial charge in [0.1, 0.15) is 0 Å². The molecule has 1 unspecified atom stereocenters. The molecular formula is C21H26Br2Zr. The molecule has 0 N–H and O–H groups in total. The van der Waals surface area contributed by atoms with Crippen molar-refractivity contribution >= 4 is 6.08 Å². The third kappa shape index (κ3) is 3.30. The van der Waals surface area contributed by atoms with E-state index in [1.807, 2.05) is 0 Å². The zero-order valence-electron chi connectivity index (χ0n) is 15.6. The molecule has 0 saturated heterocycles. The standard InChI is InChI=1S/C11H11.C10H15.2BrH.Zr/c1-8-6-7-9(2)11-5-3-4-10(8)11;1-6-7(2)9(4)10(5)8(6)3;;;/h3-7H,1-2H3;1-5H3;2*1H;/q;;;;+2/p-2. The summed E-state index contributed by atoms with van der Waals surface area (Å²) in [6.45, 7) is 16.4. The third-order valence-electron chi connectivity index (χ3n) is 6.12. The van der Waals surface area contributed by atoms with Crippen LogP contribution in [-0.2, 0) is 23.2 Å². The van der Waals surface area contributed by atoms with Crippen LogP contribution in [0.3, 0.4) is 0 Å². The third-order valence-corrected chi connectivity index (χ3v) is 11.3. The predicted molar refractivity (Wildman–Crippen MR) is 92.8 cm³/mol. The molecule has 0 heterocycles. The van der Waals surface area contributed by atoms with E-state index in [2.05, 4.69) is 72.8 Å². The quantitative estimate of drug-likeness (QED) is 0.519. The van der Waals surface area contributed by atoms with Crippen molar-refractivity contribution < 1.29 is 57.2 Å². The van der Waals surface area contributed by atoms with Gasteiger partial charge in [-0.2, -0.15) is 0 Å². The molecule has 0 bridgehead atoms. The molecule has 1 aromatic rings. The molecule has 128 valence electrons. The first-order valence-electron chi connectivity index (χ1n) is 8.19. The predicted octanol–water partition coefficient (Wildman–Crippen LogP) is 0.327. The van der Waals surface area contributed by atoms with E-state index < -0.39 is 23.2 Å². The van der Waals surface area contributed by atoms with Crippen molar-refractivity contribution in [2.24, 2.45) is 0 Å². The van der Waals surface area contributed by atoms with Gasteiger partial charge in [-0.1, -0.05) is 0 Å². The Morgan fingerprint density at radius 1 is 0.833 bits per heavy atom. The Hall–Kier alpha value is 0.283. The van der Waals surface area contributed by atoms with Crippen molar-refractivity contribution in [2.75, 3.05) is 0 Å². The van der Waals surface area contributed by atoms with Gasteiger partial charge in [0.05, 0.1) is 0 Å². The number of aryl methyl sites for hydroxylation is 2. The second kappa shape index (κ2) is 7.89. The molecular weight excluding hydrogens is 503 g/mol. The summed E-state index contributed by atoms with van der Waals surface area (Å²) in [5, 5.41) is 0. The van der Waals surface area contributed by atoms with Crippen molar-refractivity contribution in [1.82, 2.24) is 0 Å². The number of benzene rings is 1. The van der Waals surface area contributed by atoms with E-state index in [9.17, 15) is 0 Å². The zero-order chi connectivity index (χ0) is 16.2. The fourth-order valence-electron chi connectivity index (χ4n) is 4.02. The topological polar surface area (TPSA) is 0 Å². The maximum absolute atomic E-state index is 2.51. The van der Waals surface area contributed by atoms with Gasteiger partial charge in [-0.25, -0.2) is 0 Å². The zero-order valence-corrected chi connectivity index (χ0v) is 21.3. The number of rotatable bonds is 2. The Kier molecular flexibility index (Phi) is 7.34. The summed E-state index contributed by atoms with van der Waals surface area (Å²) in [6.07, 6.45) is 4.89. The molecule has 0 radical (unpaired) electrons. The largest absolute Gasteiger partial charge is 1.00 e. The molecule has 0 aliphatic heterocycles. The molecule has 0 spiro atoms. The Labute approximate surface area is 180 Å². The van der Waals surface area contributed by atoms with Crippen LogP contribution in [0, 0.1) is 13.8 Å². The molecule has 1 atom stereocenters. The van der Waals surface area contributed by atoms with Gasteiger partial charge in [0.25, 0.3) is 0 Å².